The predicted molar refractivity (Wildman–Crippen MR) is 123 cm³/mol. The molecular weight excluding hydrogens is 466 g/mol. The number of nitrogens with zero attached hydrogens (tertiary/aromatic N) is 6. The standard InChI is InChI=1S/C22H25ClF2N8O/c23-19-14(15(24)2-3-16(19)25)11-33-7-1-6-27-20-21(33)29-17(10-28-20)22-31-30-18(34-22)12-32-8-4-13(26)5-9-32/h2-3,10,13H,1,4-9,11-12,26H2,(H,27,28). The van der Waals surface area contributed by atoms with Crippen LogP contribution in [-0.2, 0) is 13.1 Å². The number of fused-ring (bicyclic) bond motifs is 1. The molecule has 34 heavy (non-hydrogen) atoms. The second-order valence-electron chi connectivity index (χ2n) is 8.57. The first-order valence-corrected chi connectivity index (χ1v) is 11.6. The molecule has 0 aliphatic carbocycles. The summed E-state index contributed by atoms with van der Waals surface area (Å²) in [7, 11) is 0. The predicted octanol–water partition coefficient (Wildman–Crippen LogP) is 3.20. The molecule has 3 aromatic rings. The average molecular weight is 491 g/mol. The highest BCUT2D eigenvalue weighted by Gasteiger charge is 2.24. The van der Waals surface area contributed by atoms with Gasteiger partial charge in [0.1, 0.15) is 17.3 Å². The highest BCUT2D eigenvalue weighted by atomic mass is 35.5. The van der Waals surface area contributed by atoms with E-state index in [9.17, 15) is 8.78 Å². The molecule has 9 nitrogen and oxygen atoms in total. The Hall–Kier alpha value is -2.89. The van der Waals surface area contributed by atoms with E-state index in [0.717, 1.165) is 44.5 Å². The van der Waals surface area contributed by atoms with E-state index in [-0.39, 0.29) is 29.1 Å². The summed E-state index contributed by atoms with van der Waals surface area (Å²) in [6.07, 6.45) is 4.19. The third-order valence-corrected chi connectivity index (χ3v) is 6.52. The van der Waals surface area contributed by atoms with Crippen LogP contribution < -0.4 is 16.0 Å². The normalized spacial score (nSPS) is 17.4. The summed E-state index contributed by atoms with van der Waals surface area (Å²) in [6.45, 7) is 3.58. The third kappa shape index (κ3) is 4.82. The highest BCUT2D eigenvalue weighted by Crippen LogP contribution is 2.31. The van der Waals surface area contributed by atoms with Crippen LogP contribution in [0.5, 0.6) is 0 Å². The second kappa shape index (κ2) is 9.77. The first-order valence-electron chi connectivity index (χ1n) is 11.3. The van der Waals surface area contributed by atoms with Gasteiger partial charge in [0.05, 0.1) is 17.8 Å². The third-order valence-electron chi connectivity index (χ3n) is 6.12. The number of rotatable bonds is 5. The maximum atomic E-state index is 14.5. The molecule has 0 saturated carbocycles. The van der Waals surface area contributed by atoms with Crippen LogP contribution in [0.3, 0.4) is 0 Å². The molecule has 1 aromatic carbocycles. The van der Waals surface area contributed by atoms with Gasteiger partial charge in [0.2, 0.25) is 5.89 Å². The molecule has 3 N–H and O–H groups in total. The minimum absolute atomic E-state index is 0.0431. The monoisotopic (exact) mass is 490 g/mol. The fourth-order valence-corrected chi connectivity index (χ4v) is 4.41. The summed E-state index contributed by atoms with van der Waals surface area (Å²) < 4.78 is 34.3. The lowest BCUT2D eigenvalue weighted by molar-refractivity contribution is 0.189. The molecule has 0 amide bonds. The Kier molecular flexibility index (Phi) is 6.57. The molecule has 1 fully saturated rings. The number of hydrogen-bond acceptors (Lipinski definition) is 9. The summed E-state index contributed by atoms with van der Waals surface area (Å²) in [5.74, 6) is 0.525. The summed E-state index contributed by atoms with van der Waals surface area (Å²) in [4.78, 5) is 13.2. The molecule has 0 spiro atoms. The van der Waals surface area contributed by atoms with Gasteiger partial charge in [-0.15, -0.1) is 10.2 Å². The van der Waals surface area contributed by atoms with Crippen LogP contribution in [0.1, 0.15) is 30.7 Å². The number of benzene rings is 1. The second-order valence-corrected chi connectivity index (χ2v) is 8.94. The Morgan fingerprint density at radius 2 is 1.91 bits per heavy atom. The molecule has 0 bridgehead atoms. The first kappa shape index (κ1) is 22.9. The van der Waals surface area contributed by atoms with Crippen LogP contribution in [-0.4, -0.2) is 57.3 Å². The minimum atomic E-state index is -0.667. The van der Waals surface area contributed by atoms with Crippen LogP contribution in [0.4, 0.5) is 20.4 Å². The number of nitrogens with two attached hydrogens (primary N) is 1. The number of nitrogens with one attached hydrogen (secondary N) is 1. The largest absolute Gasteiger partial charge is 0.418 e. The lowest BCUT2D eigenvalue weighted by Crippen LogP contribution is -2.39. The van der Waals surface area contributed by atoms with Crippen molar-refractivity contribution in [1.29, 1.82) is 0 Å². The average Bonchev–Trinajstić information content (AvgIpc) is 3.21. The zero-order valence-corrected chi connectivity index (χ0v) is 19.2. The van der Waals surface area contributed by atoms with Gasteiger partial charge in [0, 0.05) is 44.3 Å². The van der Waals surface area contributed by atoms with Gasteiger partial charge in [-0.2, -0.15) is 0 Å². The topological polar surface area (TPSA) is 109 Å². The summed E-state index contributed by atoms with van der Waals surface area (Å²) in [5.41, 5.74) is 6.44. The molecule has 2 aliphatic heterocycles. The van der Waals surface area contributed by atoms with Crippen molar-refractivity contribution in [3.8, 4) is 11.6 Å². The van der Waals surface area contributed by atoms with Gasteiger partial charge in [-0.1, -0.05) is 11.6 Å². The quantitative estimate of drug-likeness (QED) is 0.521. The Morgan fingerprint density at radius 3 is 2.74 bits per heavy atom. The number of hydrogen-bond donors (Lipinski definition) is 2. The lowest BCUT2D eigenvalue weighted by atomic mass is 10.1. The summed E-state index contributed by atoms with van der Waals surface area (Å²) in [6, 6.07) is 2.34. The van der Waals surface area contributed by atoms with Gasteiger partial charge < -0.3 is 20.4 Å². The van der Waals surface area contributed by atoms with Crippen molar-refractivity contribution in [2.24, 2.45) is 5.73 Å². The summed E-state index contributed by atoms with van der Waals surface area (Å²) in [5, 5.41) is 11.3. The van der Waals surface area contributed by atoms with E-state index in [0.29, 0.717) is 42.9 Å². The Balaban J connectivity index is 1.39. The zero-order chi connectivity index (χ0) is 23.7. The van der Waals surface area contributed by atoms with Gasteiger partial charge in [-0.05, 0) is 31.4 Å². The molecule has 0 radical (unpaired) electrons. The molecule has 1 saturated heterocycles. The van der Waals surface area contributed by atoms with E-state index >= 15 is 0 Å². The van der Waals surface area contributed by atoms with E-state index in [1.807, 2.05) is 4.90 Å². The van der Waals surface area contributed by atoms with Crippen LogP contribution >= 0.6 is 11.6 Å². The fraction of sp³-hybridized carbons (Fsp3) is 0.455. The molecule has 2 aliphatic rings. The van der Waals surface area contributed by atoms with Crippen LogP contribution in [0.15, 0.2) is 22.7 Å². The molecule has 12 heteroatoms. The van der Waals surface area contributed by atoms with E-state index in [1.54, 1.807) is 6.20 Å². The number of aromatic nitrogens is 4. The Bertz CT molecular complexity index is 1170. The van der Waals surface area contributed by atoms with Crippen molar-refractivity contribution in [1.82, 2.24) is 25.1 Å². The summed E-state index contributed by atoms with van der Waals surface area (Å²) >= 11 is 6.07. The number of anilines is 2. The maximum absolute atomic E-state index is 14.5. The zero-order valence-electron chi connectivity index (χ0n) is 18.5. The number of likely N-dealkylation sites (tertiary alicyclic amines) is 1. The highest BCUT2D eigenvalue weighted by molar-refractivity contribution is 6.31. The molecule has 2 aromatic heterocycles. The smallest absolute Gasteiger partial charge is 0.268 e. The van der Waals surface area contributed by atoms with Crippen LogP contribution in [0.25, 0.3) is 11.6 Å². The van der Waals surface area contributed by atoms with Crippen molar-refractivity contribution >= 4 is 23.2 Å². The van der Waals surface area contributed by atoms with Gasteiger partial charge >= 0.3 is 0 Å². The van der Waals surface area contributed by atoms with E-state index in [1.165, 1.54) is 0 Å². The van der Waals surface area contributed by atoms with Crippen LogP contribution in [0, 0.1) is 11.6 Å². The maximum Gasteiger partial charge on any atom is 0.268 e. The molecule has 5 rings (SSSR count). The molecule has 180 valence electrons. The van der Waals surface area contributed by atoms with Crippen molar-refractivity contribution in [3.05, 3.63) is 46.4 Å². The van der Waals surface area contributed by atoms with Gasteiger partial charge in [0.15, 0.2) is 11.6 Å². The Labute approximate surface area is 200 Å². The van der Waals surface area contributed by atoms with E-state index in [4.69, 9.17) is 21.8 Å². The first-order chi connectivity index (χ1) is 16.5. The molecule has 0 atom stereocenters. The fourth-order valence-electron chi connectivity index (χ4n) is 4.19. The Morgan fingerprint density at radius 1 is 1.12 bits per heavy atom. The van der Waals surface area contributed by atoms with Crippen molar-refractivity contribution in [3.63, 3.8) is 0 Å². The van der Waals surface area contributed by atoms with Crippen molar-refractivity contribution in [2.45, 2.75) is 38.4 Å². The van der Waals surface area contributed by atoms with Crippen molar-refractivity contribution < 1.29 is 13.2 Å². The lowest BCUT2D eigenvalue weighted by Gasteiger charge is -2.28. The van der Waals surface area contributed by atoms with Gasteiger partial charge in [0.25, 0.3) is 5.89 Å². The van der Waals surface area contributed by atoms with E-state index < -0.39 is 11.6 Å². The molecular formula is C22H25ClF2N8O. The van der Waals surface area contributed by atoms with Crippen molar-refractivity contribution in [2.75, 3.05) is 36.4 Å². The molecule has 0 unspecified atom stereocenters. The van der Waals surface area contributed by atoms with E-state index in [2.05, 4.69) is 30.4 Å². The number of halogens is 3. The SMILES string of the molecule is NC1CCN(Cc2nnc(-c3cnc4c(n3)N(Cc3c(F)ccc(F)c3Cl)CCCN4)o2)CC1. The van der Waals surface area contributed by atoms with Gasteiger partial charge in [-0.25, -0.2) is 18.7 Å². The van der Waals surface area contributed by atoms with Gasteiger partial charge in [-0.3, -0.25) is 4.90 Å². The minimum Gasteiger partial charge on any atom is -0.418 e. The number of piperidine rings is 1. The van der Waals surface area contributed by atoms with Crippen LogP contribution in [0.2, 0.25) is 5.02 Å². The molecule has 4 heterocycles.